The Kier molecular flexibility index (Phi) is 5.66. The molecule has 0 aliphatic heterocycles. The number of sulfonamides is 1. The second kappa shape index (κ2) is 7.97. The SMILES string of the molecule is C#Cc1c([C@@H](Cc2ccccc2)NS(=O)(=O)c2ccc(Cl)cc2)noc1C. The van der Waals surface area contributed by atoms with Crippen LogP contribution in [0.2, 0.25) is 5.02 Å². The number of aryl methyl sites for hydroxylation is 1. The van der Waals surface area contributed by atoms with E-state index >= 15 is 0 Å². The molecule has 0 amide bonds. The molecule has 7 heteroatoms. The summed E-state index contributed by atoms with van der Waals surface area (Å²) >= 11 is 5.85. The second-order valence-corrected chi connectivity index (χ2v) is 8.11. The first-order chi connectivity index (χ1) is 12.9. The van der Waals surface area contributed by atoms with Crippen molar-refractivity contribution in [1.29, 1.82) is 0 Å². The molecule has 2 aromatic carbocycles. The molecule has 0 saturated carbocycles. The maximum Gasteiger partial charge on any atom is 0.241 e. The molecule has 1 atom stereocenters. The Labute approximate surface area is 163 Å². The summed E-state index contributed by atoms with van der Waals surface area (Å²) < 4.78 is 33.6. The van der Waals surface area contributed by atoms with E-state index in [-0.39, 0.29) is 4.90 Å². The van der Waals surface area contributed by atoms with Crippen LogP contribution in [-0.4, -0.2) is 13.6 Å². The van der Waals surface area contributed by atoms with Gasteiger partial charge in [-0.1, -0.05) is 53.0 Å². The molecular weight excluding hydrogens is 384 g/mol. The molecule has 5 nitrogen and oxygen atoms in total. The first-order valence-corrected chi connectivity index (χ1v) is 10.0. The minimum atomic E-state index is -3.82. The zero-order chi connectivity index (χ0) is 19.4. The van der Waals surface area contributed by atoms with Gasteiger partial charge in [-0.15, -0.1) is 6.42 Å². The number of hydrogen-bond acceptors (Lipinski definition) is 4. The largest absolute Gasteiger partial charge is 0.360 e. The van der Waals surface area contributed by atoms with Crippen molar-refractivity contribution in [2.24, 2.45) is 0 Å². The van der Waals surface area contributed by atoms with Crippen molar-refractivity contribution in [2.75, 3.05) is 0 Å². The van der Waals surface area contributed by atoms with E-state index in [4.69, 9.17) is 22.5 Å². The molecule has 1 N–H and O–H groups in total. The maximum absolute atomic E-state index is 12.9. The average molecular weight is 401 g/mol. The van der Waals surface area contributed by atoms with Crippen molar-refractivity contribution in [1.82, 2.24) is 9.88 Å². The molecule has 3 rings (SSSR count). The van der Waals surface area contributed by atoms with Gasteiger partial charge in [-0.05, 0) is 43.2 Å². The minimum Gasteiger partial charge on any atom is -0.360 e. The lowest BCUT2D eigenvalue weighted by atomic mass is 10.0. The lowest BCUT2D eigenvalue weighted by Crippen LogP contribution is -2.30. The zero-order valence-corrected chi connectivity index (χ0v) is 16.1. The molecule has 0 radical (unpaired) electrons. The van der Waals surface area contributed by atoms with Crippen molar-refractivity contribution in [2.45, 2.75) is 24.3 Å². The lowest BCUT2D eigenvalue weighted by molar-refractivity contribution is 0.382. The molecule has 1 aromatic heterocycles. The van der Waals surface area contributed by atoms with Crippen molar-refractivity contribution < 1.29 is 12.9 Å². The lowest BCUT2D eigenvalue weighted by Gasteiger charge is -2.17. The Bertz CT molecular complexity index is 1070. The molecule has 0 saturated heterocycles. The second-order valence-electron chi connectivity index (χ2n) is 5.96. The van der Waals surface area contributed by atoms with E-state index in [0.717, 1.165) is 5.56 Å². The van der Waals surface area contributed by atoms with Crippen LogP contribution in [0, 0.1) is 19.3 Å². The van der Waals surface area contributed by atoms with Gasteiger partial charge < -0.3 is 4.52 Å². The third-order valence-corrected chi connectivity index (χ3v) is 5.81. The highest BCUT2D eigenvalue weighted by molar-refractivity contribution is 7.89. The number of halogens is 1. The van der Waals surface area contributed by atoms with Crippen LogP contribution in [0.1, 0.15) is 28.6 Å². The van der Waals surface area contributed by atoms with Crippen molar-refractivity contribution >= 4 is 21.6 Å². The molecule has 0 spiro atoms. The van der Waals surface area contributed by atoms with E-state index in [1.807, 2.05) is 30.3 Å². The smallest absolute Gasteiger partial charge is 0.241 e. The summed E-state index contributed by atoms with van der Waals surface area (Å²) in [5.41, 5.74) is 1.77. The van der Waals surface area contributed by atoms with Crippen LogP contribution in [0.3, 0.4) is 0 Å². The third kappa shape index (κ3) is 4.40. The van der Waals surface area contributed by atoms with Crippen molar-refractivity contribution in [3.05, 3.63) is 82.2 Å². The van der Waals surface area contributed by atoms with Crippen LogP contribution in [-0.2, 0) is 16.4 Å². The molecule has 27 heavy (non-hydrogen) atoms. The van der Waals surface area contributed by atoms with Gasteiger partial charge in [-0.25, -0.2) is 13.1 Å². The summed E-state index contributed by atoms with van der Waals surface area (Å²) in [4.78, 5) is 0.104. The van der Waals surface area contributed by atoms with Crippen LogP contribution >= 0.6 is 11.6 Å². The van der Waals surface area contributed by atoms with Crippen molar-refractivity contribution in [3.63, 3.8) is 0 Å². The number of aromatic nitrogens is 1. The zero-order valence-electron chi connectivity index (χ0n) is 14.5. The van der Waals surface area contributed by atoms with Crippen LogP contribution in [0.4, 0.5) is 0 Å². The molecule has 138 valence electrons. The molecule has 0 aliphatic carbocycles. The Morgan fingerprint density at radius 1 is 1.19 bits per heavy atom. The topological polar surface area (TPSA) is 72.2 Å². The normalized spacial score (nSPS) is 12.5. The first-order valence-electron chi connectivity index (χ1n) is 8.15. The fourth-order valence-electron chi connectivity index (χ4n) is 2.72. The van der Waals surface area contributed by atoms with E-state index in [1.165, 1.54) is 24.3 Å². The van der Waals surface area contributed by atoms with E-state index in [9.17, 15) is 8.42 Å². The van der Waals surface area contributed by atoms with Gasteiger partial charge in [0.1, 0.15) is 11.5 Å². The maximum atomic E-state index is 12.9. The Hall–Kier alpha value is -2.59. The molecule has 0 bridgehead atoms. The van der Waals surface area contributed by atoms with Gasteiger partial charge in [0, 0.05) is 5.02 Å². The minimum absolute atomic E-state index is 0.104. The number of benzene rings is 2. The number of terminal acetylenes is 1. The molecular formula is C20H17ClN2O3S. The number of rotatable bonds is 6. The van der Waals surface area contributed by atoms with Gasteiger partial charge in [0.2, 0.25) is 10.0 Å². The Balaban J connectivity index is 1.99. The van der Waals surface area contributed by atoms with Gasteiger partial charge in [-0.3, -0.25) is 0 Å². The van der Waals surface area contributed by atoms with E-state index in [1.54, 1.807) is 6.92 Å². The number of nitrogens with zero attached hydrogens (tertiary/aromatic N) is 1. The molecule has 1 heterocycles. The third-order valence-electron chi connectivity index (χ3n) is 4.07. The van der Waals surface area contributed by atoms with E-state index < -0.39 is 16.1 Å². The fourth-order valence-corrected chi connectivity index (χ4v) is 4.04. The molecule has 3 aromatic rings. The highest BCUT2D eigenvalue weighted by Crippen LogP contribution is 2.25. The highest BCUT2D eigenvalue weighted by atomic mass is 35.5. The van der Waals surface area contributed by atoms with Crippen molar-refractivity contribution in [3.8, 4) is 12.3 Å². The standard InChI is InChI=1S/C20H17ClN2O3S/c1-3-18-14(2)26-22-20(18)19(13-15-7-5-4-6-8-15)23-27(24,25)17-11-9-16(21)10-12-17/h1,4-12,19,23H,13H2,2H3/t19-/m1/s1. The summed E-state index contributed by atoms with van der Waals surface area (Å²) in [6.45, 7) is 1.69. The first kappa shape index (κ1) is 19.2. The predicted molar refractivity (Wildman–Crippen MR) is 104 cm³/mol. The number of hydrogen-bond donors (Lipinski definition) is 1. The van der Waals surface area contributed by atoms with Crippen LogP contribution in [0.5, 0.6) is 0 Å². The van der Waals surface area contributed by atoms with Gasteiger partial charge in [0.05, 0.1) is 16.5 Å². The Morgan fingerprint density at radius 3 is 2.48 bits per heavy atom. The summed E-state index contributed by atoms with van der Waals surface area (Å²) in [6, 6.07) is 14.7. The summed E-state index contributed by atoms with van der Waals surface area (Å²) in [6.07, 6.45) is 5.95. The van der Waals surface area contributed by atoms with Gasteiger partial charge in [-0.2, -0.15) is 0 Å². The van der Waals surface area contributed by atoms with Gasteiger partial charge in [0.15, 0.2) is 0 Å². The Morgan fingerprint density at radius 2 is 1.85 bits per heavy atom. The summed E-state index contributed by atoms with van der Waals surface area (Å²) in [7, 11) is -3.82. The monoisotopic (exact) mass is 400 g/mol. The fraction of sp³-hybridized carbons (Fsp3) is 0.150. The molecule has 0 fully saturated rings. The number of nitrogens with one attached hydrogen (secondary N) is 1. The van der Waals surface area contributed by atoms with Crippen LogP contribution in [0.25, 0.3) is 0 Å². The average Bonchev–Trinajstić information content (AvgIpc) is 3.03. The van der Waals surface area contributed by atoms with Crippen LogP contribution < -0.4 is 4.72 Å². The summed E-state index contributed by atoms with van der Waals surface area (Å²) in [5.74, 6) is 3.00. The quantitative estimate of drug-likeness (QED) is 0.637. The predicted octanol–water partition coefficient (Wildman–Crippen LogP) is 3.88. The van der Waals surface area contributed by atoms with Gasteiger partial charge in [0.25, 0.3) is 0 Å². The highest BCUT2D eigenvalue weighted by Gasteiger charge is 2.27. The molecule has 0 unspecified atom stereocenters. The van der Waals surface area contributed by atoms with E-state index in [2.05, 4.69) is 15.8 Å². The van der Waals surface area contributed by atoms with E-state index in [0.29, 0.717) is 28.5 Å². The molecule has 0 aliphatic rings. The van der Waals surface area contributed by atoms with Gasteiger partial charge >= 0.3 is 0 Å². The van der Waals surface area contributed by atoms with Crippen LogP contribution in [0.15, 0.2) is 64.0 Å². The summed E-state index contributed by atoms with van der Waals surface area (Å²) in [5, 5.41) is 4.46.